The van der Waals surface area contributed by atoms with Crippen molar-refractivity contribution in [1.29, 1.82) is 0 Å². The van der Waals surface area contributed by atoms with E-state index in [-0.39, 0.29) is 29.4 Å². The van der Waals surface area contributed by atoms with Crippen molar-refractivity contribution >= 4 is 45.9 Å². The van der Waals surface area contributed by atoms with Gasteiger partial charge in [0, 0.05) is 29.7 Å². The Morgan fingerprint density at radius 1 is 1.28 bits per heavy atom. The zero-order chi connectivity index (χ0) is 17.0. The number of guanidine groups is 1. The monoisotopic (exact) mass is 515 g/mol. The van der Waals surface area contributed by atoms with E-state index in [4.69, 9.17) is 0 Å². The second kappa shape index (κ2) is 8.93. The first-order valence-electron chi connectivity index (χ1n) is 8.10. The van der Waals surface area contributed by atoms with Crippen molar-refractivity contribution in [3.63, 3.8) is 0 Å². The van der Waals surface area contributed by atoms with Crippen molar-refractivity contribution in [2.75, 3.05) is 13.6 Å². The Labute approximate surface area is 174 Å². The van der Waals surface area contributed by atoms with Crippen LogP contribution in [0.3, 0.4) is 0 Å². The molecule has 1 aliphatic rings. The van der Waals surface area contributed by atoms with Crippen LogP contribution in [-0.2, 0) is 12.0 Å². The molecule has 0 bridgehead atoms. The van der Waals surface area contributed by atoms with Crippen molar-refractivity contribution in [2.45, 2.75) is 31.7 Å². The van der Waals surface area contributed by atoms with Gasteiger partial charge in [-0.3, -0.25) is 4.99 Å². The fraction of sp³-hybridized carbons (Fsp3) is 0.389. The number of aliphatic imine (C=N–C) groups is 1. The lowest BCUT2D eigenvalue weighted by atomic mass is 9.96. The molecule has 7 heteroatoms. The molecule has 3 rings (SSSR count). The lowest BCUT2D eigenvalue weighted by Crippen LogP contribution is -2.41. The Hall–Kier alpha value is -1.22. The Morgan fingerprint density at radius 3 is 2.72 bits per heavy atom. The highest BCUT2D eigenvalue weighted by atomic mass is 127. The van der Waals surface area contributed by atoms with Crippen molar-refractivity contribution in [2.24, 2.45) is 4.99 Å². The van der Waals surface area contributed by atoms with Crippen LogP contribution in [0.5, 0.6) is 0 Å². The van der Waals surface area contributed by atoms with Crippen molar-refractivity contribution in [1.82, 2.24) is 20.6 Å². The summed E-state index contributed by atoms with van der Waals surface area (Å²) in [4.78, 5) is 12.8. The lowest BCUT2D eigenvalue weighted by molar-refractivity contribution is 0.644. The molecule has 1 aliphatic carbocycles. The van der Waals surface area contributed by atoms with E-state index in [1.54, 1.807) is 13.2 Å². The van der Waals surface area contributed by atoms with E-state index < -0.39 is 0 Å². The number of halogens is 2. The highest BCUT2D eigenvalue weighted by Crippen LogP contribution is 2.48. The molecule has 2 N–H and O–H groups in total. The first kappa shape index (κ1) is 20.1. The summed E-state index contributed by atoms with van der Waals surface area (Å²) in [7, 11) is 1.79. The van der Waals surface area contributed by atoms with Crippen molar-refractivity contribution in [3.8, 4) is 0 Å². The molecule has 1 aromatic heterocycles. The number of aromatic nitrogens is 2. The summed E-state index contributed by atoms with van der Waals surface area (Å²) in [5, 5.41) is 6.77. The van der Waals surface area contributed by atoms with E-state index in [9.17, 15) is 0 Å². The molecule has 1 aromatic carbocycles. The van der Waals surface area contributed by atoms with Crippen LogP contribution in [0.2, 0.25) is 0 Å². The van der Waals surface area contributed by atoms with Crippen molar-refractivity contribution < 1.29 is 0 Å². The molecule has 0 radical (unpaired) electrons. The predicted octanol–water partition coefficient (Wildman–Crippen LogP) is 3.56. The quantitative estimate of drug-likeness (QED) is 0.363. The molecule has 25 heavy (non-hydrogen) atoms. The fourth-order valence-corrected chi connectivity index (χ4v) is 3.19. The minimum Gasteiger partial charge on any atom is -0.356 e. The Morgan fingerprint density at radius 2 is 2.08 bits per heavy atom. The Kier molecular flexibility index (Phi) is 7.18. The van der Waals surface area contributed by atoms with E-state index in [1.165, 1.54) is 18.4 Å². The van der Waals surface area contributed by atoms with Crippen LogP contribution in [0.25, 0.3) is 0 Å². The zero-order valence-electron chi connectivity index (χ0n) is 14.4. The molecule has 2 aromatic rings. The van der Waals surface area contributed by atoms with E-state index in [0.717, 1.165) is 28.5 Å². The van der Waals surface area contributed by atoms with E-state index in [2.05, 4.69) is 65.8 Å². The summed E-state index contributed by atoms with van der Waals surface area (Å²) in [6.45, 7) is 3.41. The number of rotatable bonds is 5. The number of aryl methyl sites for hydroxylation is 1. The van der Waals surface area contributed by atoms with Gasteiger partial charge in [-0.15, -0.1) is 24.0 Å². The maximum absolute atomic E-state index is 4.40. The van der Waals surface area contributed by atoms with Crippen LogP contribution in [0.15, 0.2) is 46.0 Å². The van der Waals surface area contributed by atoms with Crippen LogP contribution < -0.4 is 10.6 Å². The summed E-state index contributed by atoms with van der Waals surface area (Å²) in [5.74, 6) is 1.58. The normalized spacial score (nSPS) is 15.2. The minimum atomic E-state index is 0. The maximum atomic E-state index is 4.40. The van der Waals surface area contributed by atoms with Gasteiger partial charge < -0.3 is 10.6 Å². The van der Waals surface area contributed by atoms with E-state index >= 15 is 0 Å². The highest BCUT2D eigenvalue weighted by molar-refractivity contribution is 14.0. The standard InChI is InChI=1S/C18H22BrN5.HI/c1-13-21-9-6-16(24-13)11-22-17(20-2)23-12-18(7-8-18)14-4-3-5-15(19)10-14;/h3-6,9-10H,7-8,11-12H2,1-2H3,(H2,20,22,23);1H. The van der Waals surface area contributed by atoms with Gasteiger partial charge in [-0.05, 0) is 43.5 Å². The molecule has 5 nitrogen and oxygen atoms in total. The zero-order valence-corrected chi connectivity index (χ0v) is 18.3. The summed E-state index contributed by atoms with van der Waals surface area (Å²) >= 11 is 3.56. The van der Waals surface area contributed by atoms with Gasteiger partial charge in [0.1, 0.15) is 5.82 Å². The molecule has 0 unspecified atom stereocenters. The van der Waals surface area contributed by atoms with Gasteiger partial charge in [0.15, 0.2) is 5.96 Å². The minimum absolute atomic E-state index is 0. The van der Waals surface area contributed by atoms with Crippen molar-refractivity contribution in [3.05, 3.63) is 58.1 Å². The molecule has 0 saturated heterocycles. The maximum Gasteiger partial charge on any atom is 0.191 e. The highest BCUT2D eigenvalue weighted by Gasteiger charge is 2.44. The smallest absolute Gasteiger partial charge is 0.191 e. The van der Waals surface area contributed by atoms with Gasteiger partial charge in [0.25, 0.3) is 0 Å². The van der Waals surface area contributed by atoms with Gasteiger partial charge in [-0.25, -0.2) is 9.97 Å². The van der Waals surface area contributed by atoms with Crippen LogP contribution in [0, 0.1) is 6.92 Å². The first-order valence-corrected chi connectivity index (χ1v) is 8.90. The van der Waals surface area contributed by atoms with Gasteiger partial charge in [0.05, 0.1) is 12.2 Å². The largest absolute Gasteiger partial charge is 0.356 e. The third-order valence-electron chi connectivity index (χ3n) is 4.38. The summed E-state index contributed by atoms with van der Waals surface area (Å²) in [6.07, 6.45) is 4.19. The van der Waals surface area contributed by atoms with Crippen LogP contribution in [0.1, 0.15) is 29.9 Å². The summed E-state index contributed by atoms with van der Waals surface area (Å²) in [5.41, 5.74) is 2.57. The number of nitrogens with one attached hydrogen (secondary N) is 2. The second-order valence-corrected chi connectivity index (χ2v) is 7.08. The lowest BCUT2D eigenvalue weighted by Gasteiger charge is -2.19. The van der Waals surface area contributed by atoms with E-state index in [1.807, 2.05) is 13.0 Å². The molecule has 134 valence electrons. The third kappa shape index (κ3) is 5.37. The average molecular weight is 516 g/mol. The molecule has 1 heterocycles. The topological polar surface area (TPSA) is 62.2 Å². The summed E-state index contributed by atoms with van der Waals surface area (Å²) < 4.78 is 1.13. The summed E-state index contributed by atoms with van der Waals surface area (Å²) in [6, 6.07) is 10.5. The third-order valence-corrected chi connectivity index (χ3v) is 4.87. The first-order chi connectivity index (χ1) is 11.6. The van der Waals surface area contributed by atoms with E-state index in [0.29, 0.717) is 6.54 Å². The number of hydrogen-bond donors (Lipinski definition) is 2. The molecule has 0 aliphatic heterocycles. The fourth-order valence-electron chi connectivity index (χ4n) is 2.79. The molecule has 1 fully saturated rings. The van der Waals surface area contributed by atoms with Crippen LogP contribution in [-0.4, -0.2) is 29.5 Å². The Bertz CT molecular complexity index is 746. The van der Waals surface area contributed by atoms with Gasteiger partial charge in [-0.1, -0.05) is 28.1 Å². The van der Waals surface area contributed by atoms with Crippen LogP contribution in [0.4, 0.5) is 0 Å². The number of nitrogens with zero attached hydrogens (tertiary/aromatic N) is 3. The SMILES string of the molecule is CN=C(NCc1ccnc(C)n1)NCC1(c2cccc(Br)c2)CC1.I. The van der Waals surface area contributed by atoms with Crippen LogP contribution >= 0.6 is 39.9 Å². The van der Waals surface area contributed by atoms with Gasteiger partial charge in [-0.2, -0.15) is 0 Å². The molecule has 1 saturated carbocycles. The molecular formula is C18H23BrIN5. The number of hydrogen-bond acceptors (Lipinski definition) is 3. The predicted molar refractivity (Wildman–Crippen MR) is 115 cm³/mol. The van der Waals surface area contributed by atoms with Gasteiger partial charge >= 0.3 is 0 Å². The van der Waals surface area contributed by atoms with Gasteiger partial charge in [0.2, 0.25) is 0 Å². The molecule has 0 atom stereocenters. The second-order valence-electron chi connectivity index (χ2n) is 6.17. The average Bonchev–Trinajstić information content (AvgIpc) is 3.36. The molecule has 0 spiro atoms. The molecular weight excluding hydrogens is 493 g/mol. The number of benzene rings is 1. The Balaban J connectivity index is 0.00000225. The molecule has 0 amide bonds.